The standard InChI is InChI=1S/C21H30ClN3O5/c1-29-18-10-16(23)15(22)9-14(18)20(26)24-17-7-8-25(11-19(17)30-2)13-5-3-12(4-6-13)21(27)28/h9-10,12-13,17,19H,3-8,11,23H2,1-2H3,(H,24,26)(H,27,28)/t12-,13-,17?,19?. The summed E-state index contributed by atoms with van der Waals surface area (Å²) in [6, 6.07) is 3.28. The van der Waals surface area contributed by atoms with E-state index in [1.807, 2.05) is 0 Å². The van der Waals surface area contributed by atoms with Crippen molar-refractivity contribution in [3.63, 3.8) is 0 Å². The first-order valence-electron chi connectivity index (χ1n) is 10.3. The van der Waals surface area contributed by atoms with Gasteiger partial charge in [-0.3, -0.25) is 14.5 Å². The SMILES string of the molecule is COc1cc(N)c(Cl)cc1C(=O)NC1CCN([C@H]2CC[C@H](C(=O)O)CC2)CC1OC. The first-order valence-corrected chi connectivity index (χ1v) is 10.6. The topological polar surface area (TPSA) is 114 Å². The molecule has 1 saturated heterocycles. The van der Waals surface area contributed by atoms with E-state index in [9.17, 15) is 14.7 Å². The number of carboxylic acid groups (broad SMARTS) is 1. The molecule has 2 atom stereocenters. The van der Waals surface area contributed by atoms with Crippen molar-refractivity contribution < 1.29 is 24.2 Å². The van der Waals surface area contributed by atoms with E-state index in [1.54, 1.807) is 13.2 Å². The number of ether oxygens (including phenoxy) is 2. The van der Waals surface area contributed by atoms with Crippen LogP contribution in [0.25, 0.3) is 0 Å². The lowest BCUT2D eigenvalue weighted by atomic mass is 9.84. The first kappa shape index (κ1) is 22.7. The van der Waals surface area contributed by atoms with Gasteiger partial charge in [-0.2, -0.15) is 0 Å². The number of nitrogen functional groups attached to an aromatic ring is 1. The molecule has 1 aromatic rings. The molecule has 1 aliphatic heterocycles. The number of hydrogen-bond donors (Lipinski definition) is 3. The lowest BCUT2D eigenvalue weighted by molar-refractivity contribution is -0.143. The second kappa shape index (κ2) is 9.85. The molecule has 8 nitrogen and oxygen atoms in total. The number of halogens is 1. The fourth-order valence-corrected chi connectivity index (χ4v) is 4.69. The zero-order valence-electron chi connectivity index (χ0n) is 17.4. The highest BCUT2D eigenvalue weighted by Gasteiger charge is 2.36. The first-order chi connectivity index (χ1) is 14.3. The second-order valence-electron chi connectivity index (χ2n) is 8.06. The van der Waals surface area contributed by atoms with Crippen LogP contribution in [0.15, 0.2) is 12.1 Å². The van der Waals surface area contributed by atoms with Crippen LogP contribution in [0.4, 0.5) is 5.69 Å². The number of carbonyl (C=O) groups is 2. The predicted molar refractivity (Wildman–Crippen MR) is 114 cm³/mol. The van der Waals surface area contributed by atoms with Gasteiger partial charge in [0.1, 0.15) is 5.75 Å². The zero-order chi connectivity index (χ0) is 21.8. The molecule has 0 bridgehead atoms. The average molecular weight is 440 g/mol. The minimum absolute atomic E-state index is 0.143. The Morgan fingerprint density at radius 1 is 1.20 bits per heavy atom. The summed E-state index contributed by atoms with van der Waals surface area (Å²) in [5, 5.41) is 12.6. The average Bonchev–Trinajstić information content (AvgIpc) is 2.75. The number of piperidine rings is 1. The number of nitrogens with two attached hydrogens (primary N) is 1. The zero-order valence-corrected chi connectivity index (χ0v) is 18.2. The monoisotopic (exact) mass is 439 g/mol. The maximum atomic E-state index is 12.9. The van der Waals surface area contributed by atoms with Crippen LogP contribution in [0.3, 0.4) is 0 Å². The summed E-state index contributed by atoms with van der Waals surface area (Å²) in [6.07, 6.45) is 3.78. The molecular formula is C21H30ClN3O5. The summed E-state index contributed by atoms with van der Waals surface area (Å²) in [4.78, 5) is 26.4. The Bertz CT molecular complexity index is 782. The van der Waals surface area contributed by atoms with Crippen LogP contribution >= 0.6 is 11.6 Å². The number of methoxy groups -OCH3 is 2. The molecular weight excluding hydrogens is 410 g/mol. The molecule has 0 radical (unpaired) electrons. The van der Waals surface area contributed by atoms with Crippen molar-refractivity contribution >= 4 is 29.2 Å². The van der Waals surface area contributed by atoms with Crippen LogP contribution in [0, 0.1) is 5.92 Å². The molecule has 1 aliphatic carbocycles. The van der Waals surface area contributed by atoms with Crippen molar-refractivity contribution in [2.45, 2.75) is 50.3 Å². The van der Waals surface area contributed by atoms with E-state index >= 15 is 0 Å². The fourth-order valence-electron chi connectivity index (χ4n) is 4.53. The Balaban J connectivity index is 1.62. The van der Waals surface area contributed by atoms with Crippen LogP contribution in [0.5, 0.6) is 5.75 Å². The van der Waals surface area contributed by atoms with Gasteiger partial charge in [-0.25, -0.2) is 0 Å². The van der Waals surface area contributed by atoms with Crippen LogP contribution < -0.4 is 15.8 Å². The second-order valence-corrected chi connectivity index (χ2v) is 8.46. The van der Waals surface area contributed by atoms with Crippen molar-refractivity contribution in [2.24, 2.45) is 5.92 Å². The maximum Gasteiger partial charge on any atom is 0.306 e. The van der Waals surface area contributed by atoms with Crippen LogP contribution in [0.2, 0.25) is 5.02 Å². The molecule has 2 fully saturated rings. The van der Waals surface area contributed by atoms with Crippen molar-refractivity contribution in [1.82, 2.24) is 10.2 Å². The van der Waals surface area contributed by atoms with Crippen molar-refractivity contribution in [1.29, 1.82) is 0 Å². The summed E-state index contributed by atoms with van der Waals surface area (Å²) in [5.74, 6) is -0.826. The normalized spacial score (nSPS) is 27.4. The molecule has 9 heteroatoms. The van der Waals surface area contributed by atoms with E-state index < -0.39 is 5.97 Å². The molecule has 166 valence electrons. The summed E-state index contributed by atoms with van der Waals surface area (Å²) in [6.45, 7) is 1.52. The molecule has 1 heterocycles. The minimum atomic E-state index is -0.692. The van der Waals surface area contributed by atoms with Gasteiger partial charge in [-0.05, 0) is 38.2 Å². The summed E-state index contributed by atoms with van der Waals surface area (Å²) < 4.78 is 11.0. The van der Waals surface area contributed by atoms with Crippen LogP contribution in [0.1, 0.15) is 42.5 Å². The van der Waals surface area contributed by atoms with E-state index in [-0.39, 0.29) is 24.0 Å². The van der Waals surface area contributed by atoms with E-state index in [0.29, 0.717) is 47.5 Å². The molecule has 30 heavy (non-hydrogen) atoms. The molecule has 1 aromatic carbocycles. The fraction of sp³-hybridized carbons (Fsp3) is 0.619. The summed E-state index contributed by atoms with van der Waals surface area (Å²) >= 11 is 6.09. The molecule has 1 saturated carbocycles. The lowest BCUT2D eigenvalue weighted by Crippen LogP contribution is -2.57. The van der Waals surface area contributed by atoms with Gasteiger partial charge >= 0.3 is 5.97 Å². The number of anilines is 1. The van der Waals surface area contributed by atoms with E-state index in [2.05, 4.69) is 10.2 Å². The van der Waals surface area contributed by atoms with E-state index in [4.69, 9.17) is 26.8 Å². The van der Waals surface area contributed by atoms with E-state index in [0.717, 1.165) is 25.8 Å². The number of amides is 1. The predicted octanol–water partition coefficient (Wildman–Crippen LogP) is 2.39. The van der Waals surface area contributed by atoms with Gasteiger partial charge in [0.2, 0.25) is 0 Å². The number of rotatable bonds is 6. The number of aliphatic carboxylic acids is 1. The Labute approximate surface area is 181 Å². The molecule has 0 aromatic heterocycles. The van der Waals surface area contributed by atoms with Gasteiger partial charge in [-0.1, -0.05) is 11.6 Å². The minimum Gasteiger partial charge on any atom is -0.496 e. The molecule has 0 spiro atoms. The molecule has 4 N–H and O–H groups in total. The summed E-state index contributed by atoms with van der Waals surface area (Å²) in [5.41, 5.74) is 6.49. The molecule has 1 amide bonds. The van der Waals surface area contributed by atoms with Crippen LogP contribution in [-0.4, -0.2) is 67.4 Å². The number of nitrogens with zero attached hydrogens (tertiary/aromatic N) is 1. The van der Waals surface area contributed by atoms with Crippen molar-refractivity contribution in [2.75, 3.05) is 33.0 Å². The van der Waals surface area contributed by atoms with Gasteiger partial charge in [-0.15, -0.1) is 0 Å². The number of hydrogen-bond acceptors (Lipinski definition) is 6. The third kappa shape index (κ3) is 4.99. The number of nitrogens with one attached hydrogen (secondary N) is 1. The highest BCUT2D eigenvalue weighted by molar-refractivity contribution is 6.33. The Morgan fingerprint density at radius 3 is 2.50 bits per heavy atom. The lowest BCUT2D eigenvalue weighted by Gasteiger charge is -2.43. The number of carbonyl (C=O) groups excluding carboxylic acids is 1. The highest BCUT2D eigenvalue weighted by atomic mass is 35.5. The van der Waals surface area contributed by atoms with Gasteiger partial charge < -0.3 is 25.6 Å². The summed E-state index contributed by atoms with van der Waals surface area (Å²) in [7, 11) is 3.13. The van der Waals surface area contributed by atoms with Crippen LogP contribution in [-0.2, 0) is 9.53 Å². The Kier molecular flexibility index (Phi) is 7.44. The van der Waals surface area contributed by atoms with Crippen molar-refractivity contribution in [3.8, 4) is 5.75 Å². The third-order valence-electron chi connectivity index (χ3n) is 6.34. The Morgan fingerprint density at radius 2 is 1.90 bits per heavy atom. The van der Waals surface area contributed by atoms with E-state index in [1.165, 1.54) is 13.2 Å². The number of likely N-dealkylation sites (tertiary alicyclic amines) is 1. The maximum absolute atomic E-state index is 12.9. The Hall–Kier alpha value is -2.03. The molecule has 3 rings (SSSR count). The van der Waals surface area contributed by atoms with Crippen molar-refractivity contribution in [3.05, 3.63) is 22.7 Å². The largest absolute Gasteiger partial charge is 0.496 e. The van der Waals surface area contributed by atoms with Gasteiger partial charge in [0.15, 0.2) is 0 Å². The van der Waals surface area contributed by atoms with Gasteiger partial charge in [0, 0.05) is 32.3 Å². The quantitative estimate of drug-likeness (QED) is 0.583. The molecule has 2 aliphatic rings. The number of benzene rings is 1. The van der Waals surface area contributed by atoms with Gasteiger partial charge in [0.25, 0.3) is 5.91 Å². The smallest absolute Gasteiger partial charge is 0.306 e. The van der Waals surface area contributed by atoms with Gasteiger partial charge in [0.05, 0.1) is 41.4 Å². The highest BCUT2D eigenvalue weighted by Crippen LogP contribution is 2.31. The molecule has 2 unspecified atom stereocenters. The third-order valence-corrected chi connectivity index (χ3v) is 6.66. The number of carboxylic acids is 1.